The van der Waals surface area contributed by atoms with Crippen molar-refractivity contribution in [3.63, 3.8) is 0 Å². The van der Waals surface area contributed by atoms with Crippen molar-refractivity contribution in [2.75, 3.05) is 11.5 Å². The van der Waals surface area contributed by atoms with Crippen LogP contribution in [-0.2, 0) is 0 Å². The molecule has 0 N–H and O–H groups in total. The van der Waals surface area contributed by atoms with Gasteiger partial charge in [0.1, 0.15) is 0 Å². The van der Waals surface area contributed by atoms with E-state index in [1.54, 1.807) is 0 Å². The summed E-state index contributed by atoms with van der Waals surface area (Å²) in [6.07, 6.45) is 0. The lowest BCUT2D eigenvalue weighted by atomic mass is 9.99. The van der Waals surface area contributed by atoms with E-state index in [0.29, 0.717) is 4.08 Å². The first kappa shape index (κ1) is 9.79. The van der Waals surface area contributed by atoms with Gasteiger partial charge in [-0.05, 0) is 11.8 Å². The molecule has 0 unspecified atom stereocenters. The molecule has 0 saturated carbocycles. The van der Waals surface area contributed by atoms with Crippen LogP contribution < -0.4 is 0 Å². The van der Waals surface area contributed by atoms with E-state index in [2.05, 4.69) is 51.2 Å². The Morgan fingerprint density at radius 3 is 1.45 bits per heavy atom. The minimum atomic E-state index is 0.528. The zero-order valence-electron chi connectivity index (χ0n) is 7.89. The SMILES string of the molecule is CC(C)C1(C(C)C)SCCS1. The second kappa shape index (κ2) is 3.61. The third kappa shape index (κ3) is 1.72. The van der Waals surface area contributed by atoms with Gasteiger partial charge in [-0.1, -0.05) is 27.7 Å². The van der Waals surface area contributed by atoms with Crippen molar-refractivity contribution in [1.29, 1.82) is 0 Å². The second-order valence-corrected chi connectivity index (χ2v) is 6.73. The fourth-order valence-electron chi connectivity index (χ4n) is 1.78. The smallest absolute Gasteiger partial charge is 0.0657 e. The molecule has 0 atom stereocenters. The summed E-state index contributed by atoms with van der Waals surface area (Å²) in [4.78, 5) is 0. The van der Waals surface area contributed by atoms with E-state index in [1.807, 2.05) is 0 Å². The molecule has 0 amide bonds. The maximum Gasteiger partial charge on any atom is 0.0657 e. The van der Waals surface area contributed by atoms with E-state index in [1.165, 1.54) is 11.5 Å². The van der Waals surface area contributed by atoms with Crippen LogP contribution in [0.5, 0.6) is 0 Å². The number of hydrogen-bond acceptors (Lipinski definition) is 2. The van der Waals surface area contributed by atoms with Crippen molar-refractivity contribution in [1.82, 2.24) is 0 Å². The third-order valence-electron chi connectivity index (χ3n) is 2.35. The van der Waals surface area contributed by atoms with Crippen LogP contribution in [0, 0.1) is 11.8 Å². The van der Waals surface area contributed by atoms with Gasteiger partial charge >= 0.3 is 0 Å². The fourth-order valence-corrected chi connectivity index (χ4v) is 5.25. The van der Waals surface area contributed by atoms with Crippen LogP contribution >= 0.6 is 23.5 Å². The van der Waals surface area contributed by atoms with Crippen molar-refractivity contribution in [3.05, 3.63) is 0 Å². The quantitative estimate of drug-likeness (QED) is 0.654. The Kier molecular flexibility index (Phi) is 3.21. The van der Waals surface area contributed by atoms with Gasteiger partial charge in [0.2, 0.25) is 0 Å². The number of hydrogen-bond donors (Lipinski definition) is 0. The second-order valence-electron chi connectivity index (χ2n) is 3.73. The monoisotopic (exact) mass is 190 g/mol. The largest absolute Gasteiger partial charge is 0.143 e. The number of thioether (sulfide) groups is 2. The van der Waals surface area contributed by atoms with Crippen LogP contribution in [0.4, 0.5) is 0 Å². The molecule has 1 aliphatic heterocycles. The zero-order chi connectivity index (χ0) is 8.48. The highest BCUT2D eigenvalue weighted by Crippen LogP contribution is 2.53. The average Bonchev–Trinajstić information content (AvgIpc) is 2.34. The minimum Gasteiger partial charge on any atom is -0.143 e. The summed E-state index contributed by atoms with van der Waals surface area (Å²) < 4.78 is 0.528. The first-order valence-corrected chi connectivity index (χ1v) is 6.34. The summed E-state index contributed by atoms with van der Waals surface area (Å²) in [5.41, 5.74) is 0. The van der Waals surface area contributed by atoms with Crippen LogP contribution in [-0.4, -0.2) is 15.6 Å². The molecule has 66 valence electrons. The Labute approximate surface area is 78.9 Å². The summed E-state index contributed by atoms with van der Waals surface area (Å²) in [5, 5.41) is 0. The molecule has 0 aromatic heterocycles. The molecule has 0 aromatic carbocycles. The molecule has 1 saturated heterocycles. The maximum atomic E-state index is 2.35. The summed E-state index contributed by atoms with van der Waals surface area (Å²) in [5.74, 6) is 4.31. The highest BCUT2D eigenvalue weighted by molar-refractivity contribution is 8.21. The number of rotatable bonds is 2. The van der Waals surface area contributed by atoms with Crippen molar-refractivity contribution in [2.24, 2.45) is 11.8 Å². The van der Waals surface area contributed by atoms with Gasteiger partial charge in [0.25, 0.3) is 0 Å². The molecule has 0 nitrogen and oxygen atoms in total. The van der Waals surface area contributed by atoms with Gasteiger partial charge in [0.05, 0.1) is 4.08 Å². The minimum absolute atomic E-state index is 0.528. The summed E-state index contributed by atoms with van der Waals surface area (Å²) in [7, 11) is 0. The highest BCUT2D eigenvalue weighted by atomic mass is 32.2. The van der Waals surface area contributed by atoms with E-state index < -0.39 is 0 Å². The lowest BCUT2D eigenvalue weighted by molar-refractivity contribution is 0.453. The molecule has 0 bridgehead atoms. The topological polar surface area (TPSA) is 0 Å². The Balaban J connectivity index is 2.70. The molecule has 1 rings (SSSR count). The van der Waals surface area contributed by atoms with Crippen molar-refractivity contribution < 1.29 is 0 Å². The summed E-state index contributed by atoms with van der Waals surface area (Å²) in [6, 6.07) is 0. The van der Waals surface area contributed by atoms with Crippen molar-refractivity contribution >= 4 is 23.5 Å². The highest BCUT2D eigenvalue weighted by Gasteiger charge is 2.41. The van der Waals surface area contributed by atoms with Gasteiger partial charge in [-0.3, -0.25) is 0 Å². The zero-order valence-corrected chi connectivity index (χ0v) is 9.52. The molecular weight excluding hydrogens is 172 g/mol. The average molecular weight is 190 g/mol. The van der Waals surface area contributed by atoms with Crippen LogP contribution in [0.3, 0.4) is 0 Å². The van der Waals surface area contributed by atoms with Gasteiger partial charge in [0, 0.05) is 11.5 Å². The predicted molar refractivity (Wildman–Crippen MR) is 57.3 cm³/mol. The molecule has 0 aromatic rings. The molecule has 0 aliphatic carbocycles. The normalized spacial score (nSPS) is 23.5. The first-order chi connectivity index (χ1) is 5.09. The standard InChI is InChI=1S/C9H18S2/c1-7(2)9(8(3)4)10-5-6-11-9/h7-8H,5-6H2,1-4H3. The van der Waals surface area contributed by atoms with Gasteiger partial charge in [-0.25, -0.2) is 0 Å². The van der Waals surface area contributed by atoms with Crippen LogP contribution in [0.25, 0.3) is 0 Å². The Bertz CT molecular complexity index is 114. The molecule has 1 heterocycles. The fraction of sp³-hybridized carbons (Fsp3) is 1.00. The van der Waals surface area contributed by atoms with E-state index in [9.17, 15) is 0 Å². The first-order valence-electron chi connectivity index (χ1n) is 4.37. The van der Waals surface area contributed by atoms with Crippen LogP contribution in [0.15, 0.2) is 0 Å². The molecule has 2 heteroatoms. The molecule has 1 aliphatic rings. The van der Waals surface area contributed by atoms with Crippen molar-refractivity contribution in [2.45, 2.75) is 31.8 Å². The Morgan fingerprint density at radius 2 is 1.27 bits per heavy atom. The Morgan fingerprint density at radius 1 is 0.909 bits per heavy atom. The molecule has 1 fully saturated rings. The third-order valence-corrected chi connectivity index (χ3v) is 6.92. The van der Waals surface area contributed by atoms with Crippen LogP contribution in [0.2, 0.25) is 0 Å². The van der Waals surface area contributed by atoms with E-state index in [0.717, 1.165) is 11.8 Å². The summed E-state index contributed by atoms with van der Waals surface area (Å²) >= 11 is 4.34. The van der Waals surface area contributed by atoms with Gasteiger partial charge < -0.3 is 0 Å². The van der Waals surface area contributed by atoms with E-state index in [4.69, 9.17) is 0 Å². The molecule has 11 heavy (non-hydrogen) atoms. The van der Waals surface area contributed by atoms with Crippen LogP contribution in [0.1, 0.15) is 27.7 Å². The lowest BCUT2D eigenvalue weighted by Gasteiger charge is -2.35. The van der Waals surface area contributed by atoms with Gasteiger partial charge in [0.15, 0.2) is 0 Å². The van der Waals surface area contributed by atoms with E-state index >= 15 is 0 Å². The lowest BCUT2D eigenvalue weighted by Crippen LogP contribution is -2.31. The predicted octanol–water partition coefficient (Wildman–Crippen LogP) is 3.47. The molecule has 0 radical (unpaired) electrons. The Hall–Kier alpha value is 0.700. The van der Waals surface area contributed by atoms with E-state index in [-0.39, 0.29) is 0 Å². The van der Waals surface area contributed by atoms with Gasteiger partial charge in [-0.2, -0.15) is 0 Å². The summed E-state index contributed by atoms with van der Waals surface area (Å²) in [6.45, 7) is 9.41. The molecule has 0 spiro atoms. The van der Waals surface area contributed by atoms with Gasteiger partial charge in [-0.15, -0.1) is 23.5 Å². The molecular formula is C9H18S2. The van der Waals surface area contributed by atoms with Crippen molar-refractivity contribution in [3.8, 4) is 0 Å². The maximum absolute atomic E-state index is 2.35.